The maximum Gasteiger partial charge on any atom is 0.231 e. The molecule has 2 aliphatic heterocycles. The van der Waals surface area contributed by atoms with Gasteiger partial charge in [-0.2, -0.15) is 0 Å². The second kappa shape index (κ2) is 6.34. The Bertz CT molecular complexity index is 733. The topological polar surface area (TPSA) is 51.2 Å². The molecule has 0 bridgehead atoms. The van der Waals surface area contributed by atoms with E-state index in [0.29, 0.717) is 13.1 Å². The number of likely N-dealkylation sites (tertiary alicyclic amines) is 1. The van der Waals surface area contributed by atoms with Gasteiger partial charge in [0.15, 0.2) is 11.5 Å². The zero-order chi connectivity index (χ0) is 16.5. The molecule has 2 aromatic carbocycles. The van der Waals surface area contributed by atoms with Crippen LogP contribution in [-0.2, 0) is 6.54 Å². The lowest BCUT2D eigenvalue weighted by Gasteiger charge is -2.25. The quantitative estimate of drug-likeness (QED) is 0.936. The molecule has 0 saturated carbocycles. The summed E-state index contributed by atoms with van der Waals surface area (Å²) in [6.45, 7) is 1.63. The molecule has 4 rings (SSSR count). The van der Waals surface area contributed by atoms with E-state index in [9.17, 15) is 5.11 Å². The molecule has 2 aliphatic rings. The van der Waals surface area contributed by atoms with Crippen molar-refractivity contribution in [3.05, 3.63) is 53.6 Å². The van der Waals surface area contributed by atoms with Crippen molar-refractivity contribution >= 4 is 0 Å². The summed E-state index contributed by atoms with van der Waals surface area (Å²) in [6.07, 6.45) is 0.398. The second-order valence-electron chi connectivity index (χ2n) is 6.26. The van der Waals surface area contributed by atoms with Crippen LogP contribution in [0, 0.1) is 0 Å². The Labute approximate surface area is 141 Å². The molecule has 0 spiro atoms. The highest BCUT2D eigenvalue weighted by atomic mass is 16.7. The van der Waals surface area contributed by atoms with Gasteiger partial charge < -0.3 is 19.3 Å². The molecular weight excluding hydrogens is 306 g/mol. The average molecular weight is 327 g/mol. The number of methoxy groups -OCH3 is 1. The minimum Gasteiger partial charge on any atom is -0.497 e. The summed E-state index contributed by atoms with van der Waals surface area (Å²) in [6, 6.07) is 14.2. The summed E-state index contributed by atoms with van der Waals surface area (Å²) in [5.74, 6) is 2.46. The Morgan fingerprint density at radius 3 is 2.96 bits per heavy atom. The molecule has 5 nitrogen and oxygen atoms in total. The third-order valence-corrected chi connectivity index (χ3v) is 4.71. The fourth-order valence-corrected chi connectivity index (χ4v) is 3.58. The molecule has 24 heavy (non-hydrogen) atoms. The van der Waals surface area contributed by atoms with Gasteiger partial charge in [-0.15, -0.1) is 0 Å². The lowest BCUT2D eigenvalue weighted by atomic mass is 10.0. The molecule has 2 atom stereocenters. The van der Waals surface area contributed by atoms with Crippen molar-refractivity contribution in [2.24, 2.45) is 0 Å². The number of hydrogen-bond donors (Lipinski definition) is 1. The number of benzene rings is 2. The van der Waals surface area contributed by atoms with E-state index in [4.69, 9.17) is 14.2 Å². The standard InChI is InChI=1S/C19H21NO4/c1-22-16-6-2-4-13(8-16)17-9-15(21)11-20(17)10-14-5-3-7-18-19(14)24-12-23-18/h2-8,15,17,21H,9-12H2,1H3/t15-,17-/m0/s1. The monoisotopic (exact) mass is 327 g/mol. The Kier molecular flexibility index (Phi) is 4.04. The zero-order valence-corrected chi connectivity index (χ0v) is 13.6. The molecule has 1 fully saturated rings. The number of fused-ring (bicyclic) bond motifs is 1. The number of aliphatic hydroxyl groups excluding tert-OH is 1. The molecule has 0 radical (unpaired) electrons. The average Bonchev–Trinajstić information content (AvgIpc) is 3.22. The van der Waals surface area contributed by atoms with Crippen LogP contribution in [0.5, 0.6) is 17.2 Å². The molecule has 1 saturated heterocycles. The van der Waals surface area contributed by atoms with Crippen molar-refractivity contribution < 1.29 is 19.3 Å². The Hall–Kier alpha value is -2.24. The number of ether oxygens (including phenoxy) is 3. The third kappa shape index (κ3) is 2.81. The molecule has 0 amide bonds. The van der Waals surface area contributed by atoms with E-state index in [0.717, 1.165) is 34.8 Å². The number of para-hydroxylation sites is 1. The van der Waals surface area contributed by atoms with Gasteiger partial charge in [0, 0.05) is 24.7 Å². The first kappa shape index (κ1) is 15.3. The third-order valence-electron chi connectivity index (χ3n) is 4.71. The summed E-state index contributed by atoms with van der Waals surface area (Å²) < 4.78 is 16.4. The van der Waals surface area contributed by atoms with Crippen LogP contribution >= 0.6 is 0 Å². The van der Waals surface area contributed by atoms with Crippen LogP contribution in [0.15, 0.2) is 42.5 Å². The van der Waals surface area contributed by atoms with Crippen LogP contribution in [0.2, 0.25) is 0 Å². The maximum atomic E-state index is 10.2. The van der Waals surface area contributed by atoms with Gasteiger partial charge >= 0.3 is 0 Å². The van der Waals surface area contributed by atoms with Gasteiger partial charge in [0.2, 0.25) is 6.79 Å². The van der Waals surface area contributed by atoms with E-state index in [1.807, 2.05) is 30.3 Å². The second-order valence-corrected chi connectivity index (χ2v) is 6.26. The first-order valence-electron chi connectivity index (χ1n) is 8.18. The Morgan fingerprint density at radius 1 is 1.21 bits per heavy atom. The summed E-state index contributed by atoms with van der Waals surface area (Å²) in [5, 5.41) is 10.2. The largest absolute Gasteiger partial charge is 0.497 e. The lowest BCUT2D eigenvalue weighted by Crippen LogP contribution is -2.24. The normalized spacial score (nSPS) is 22.8. The number of nitrogens with zero attached hydrogens (tertiary/aromatic N) is 1. The van der Waals surface area contributed by atoms with Gasteiger partial charge in [0.05, 0.1) is 13.2 Å². The fourth-order valence-electron chi connectivity index (χ4n) is 3.58. The van der Waals surface area contributed by atoms with E-state index in [1.165, 1.54) is 0 Å². The van der Waals surface area contributed by atoms with Gasteiger partial charge in [0.25, 0.3) is 0 Å². The molecule has 126 valence electrons. The number of aliphatic hydroxyl groups is 1. The van der Waals surface area contributed by atoms with E-state index in [-0.39, 0.29) is 18.9 Å². The smallest absolute Gasteiger partial charge is 0.231 e. The molecule has 2 heterocycles. The maximum absolute atomic E-state index is 10.2. The van der Waals surface area contributed by atoms with Gasteiger partial charge in [-0.1, -0.05) is 24.3 Å². The van der Waals surface area contributed by atoms with Crippen molar-refractivity contribution in [3.63, 3.8) is 0 Å². The molecule has 0 unspecified atom stereocenters. The van der Waals surface area contributed by atoms with Crippen molar-refractivity contribution in [2.75, 3.05) is 20.4 Å². The van der Waals surface area contributed by atoms with Crippen LogP contribution < -0.4 is 14.2 Å². The predicted molar refractivity (Wildman–Crippen MR) is 89.3 cm³/mol. The van der Waals surface area contributed by atoms with Crippen LogP contribution in [-0.4, -0.2) is 36.6 Å². The summed E-state index contributed by atoms with van der Waals surface area (Å²) in [5.41, 5.74) is 2.25. The van der Waals surface area contributed by atoms with Gasteiger partial charge in [-0.3, -0.25) is 4.90 Å². The van der Waals surface area contributed by atoms with Crippen LogP contribution in [0.25, 0.3) is 0 Å². The Morgan fingerprint density at radius 2 is 2.08 bits per heavy atom. The molecular formula is C19H21NO4. The number of hydrogen-bond acceptors (Lipinski definition) is 5. The lowest BCUT2D eigenvalue weighted by molar-refractivity contribution is 0.165. The van der Waals surface area contributed by atoms with Crippen molar-refractivity contribution in [1.29, 1.82) is 0 Å². The van der Waals surface area contributed by atoms with E-state index < -0.39 is 0 Å². The molecule has 1 N–H and O–H groups in total. The highest BCUT2D eigenvalue weighted by molar-refractivity contribution is 5.48. The molecule has 2 aromatic rings. The first-order chi connectivity index (χ1) is 11.7. The van der Waals surface area contributed by atoms with Gasteiger partial charge in [-0.25, -0.2) is 0 Å². The number of rotatable bonds is 4. The number of β-amino-alcohol motifs (C(OH)–C–C–N with tert-alkyl or cyclic N) is 1. The van der Waals surface area contributed by atoms with Crippen molar-refractivity contribution in [3.8, 4) is 17.2 Å². The minimum atomic E-state index is -0.324. The molecule has 0 aromatic heterocycles. The van der Waals surface area contributed by atoms with Crippen molar-refractivity contribution in [2.45, 2.75) is 25.1 Å². The minimum absolute atomic E-state index is 0.160. The summed E-state index contributed by atoms with van der Waals surface area (Å²) in [4.78, 5) is 2.29. The summed E-state index contributed by atoms with van der Waals surface area (Å²) >= 11 is 0. The van der Waals surface area contributed by atoms with E-state index >= 15 is 0 Å². The molecule has 5 heteroatoms. The molecule has 0 aliphatic carbocycles. The van der Waals surface area contributed by atoms with Gasteiger partial charge in [0.1, 0.15) is 5.75 Å². The highest BCUT2D eigenvalue weighted by Gasteiger charge is 2.33. The van der Waals surface area contributed by atoms with Crippen LogP contribution in [0.1, 0.15) is 23.6 Å². The zero-order valence-electron chi connectivity index (χ0n) is 13.6. The predicted octanol–water partition coefficient (Wildman–Crippen LogP) is 2.73. The van der Waals surface area contributed by atoms with Crippen LogP contribution in [0.3, 0.4) is 0 Å². The van der Waals surface area contributed by atoms with Crippen LogP contribution in [0.4, 0.5) is 0 Å². The van der Waals surface area contributed by atoms with Gasteiger partial charge in [-0.05, 0) is 30.2 Å². The first-order valence-corrected chi connectivity index (χ1v) is 8.18. The Balaban J connectivity index is 1.60. The van der Waals surface area contributed by atoms with E-state index in [2.05, 4.69) is 17.0 Å². The van der Waals surface area contributed by atoms with Crippen molar-refractivity contribution in [1.82, 2.24) is 4.90 Å². The fraction of sp³-hybridized carbons (Fsp3) is 0.368. The summed E-state index contributed by atoms with van der Waals surface area (Å²) in [7, 11) is 1.67. The van der Waals surface area contributed by atoms with E-state index in [1.54, 1.807) is 7.11 Å². The highest BCUT2D eigenvalue weighted by Crippen LogP contribution is 2.39. The SMILES string of the molecule is COc1cccc([C@@H]2C[C@H](O)CN2Cc2cccc3c2OCO3)c1.